The highest BCUT2D eigenvalue weighted by Crippen LogP contribution is 2.59. The van der Waals surface area contributed by atoms with Crippen LogP contribution in [0.2, 0.25) is 18.1 Å². The summed E-state index contributed by atoms with van der Waals surface area (Å²) in [5.74, 6) is 2.13. The standard InChI is InChI=1S/C20H36Br2OSi/c1-14(13-18(21)22)15-10-11-16-17(9-8-12-20(15,16)5)23-24(6,7)19(2,3)4/h13-17H,8-12H2,1-7H3/t14-,15+,16-,17-,20+/m0/s1. The minimum Gasteiger partial charge on any atom is -0.414 e. The average Bonchev–Trinajstić information content (AvgIpc) is 2.74. The lowest BCUT2D eigenvalue weighted by molar-refractivity contribution is -0.0162. The Labute approximate surface area is 167 Å². The predicted molar refractivity (Wildman–Crippen MR) is 115 cm³/mol. The Kier molecular flexibility index (Phi) is 6.60. The molecule has 4 heteroatoms. The van der Waals surface area contributed by atoms with Gasteiger partial charge in [-0.05, 0) is 98.8 Å². The van der Waals surface area contributed by atoms with Gasteiger partial charge in [0.05, 0.1) is 3.39 Å². The van der Waals surface area contributed by atoms with Gasteiger partial charge in [-0.2, -0.15) is 0 Å². The van der Waals surface area contributed by atoms with Gasteiger partial charge in [-0.1, -0.05) is 47.1 Å². The molecule has 140 valence electrons. The molecule has 0 aromatic rings. The van der Waals surface area contributed by atoms with Gasteiger partial charge in [0, 0.05) is 6.10 Å². The third kappa shape index (κ3) is 4.23. The summed E-state index contributed by atoms with van der Waals surface area (Å²) in [6, 6.07) is 0. The van der Waals surface area contributed by atoms with Gasteiger partial charge in [-0.15, -0.1) is 0 Å². The molecular formula is C20H36Br2OSi. The molecule has 0 aromatic carbocycles. The summed E-state index contributed by atoms with van der Waals surface area (Å²) in [5.41, 5.74) is 0.441. The fourth-order valence-corrected chi connectivity index (χ4v) is 7.26. The second-order valence-electron chi connectivity index (χ2n) is 9.92. The highest BCUT2D eigenvalue weighted by Gasteiger charge is 2.54. The van der Waals surface area contributed by atoms with Crippen LogP contribution in [0.15, 0.2) is 9.47 Å². The van der Waals surface area contributed by atoms with E-state index in [1.54, 1.807) is 0 Å². The van der Waals surface area contributed by atoms with Crippen LogP contribution in [-0.2, 0) is 4.43 Å². The summed E-state index contributed by atoms with van der Waals surface area (Å²) in [6.45, 7) is 16.9. The first-order chi connectivity index (χ1) is 10.9. The summed E-state index contributed by atoms with van der Waals surface area (Å²) >= 11 is 7.12. The minimum atomic E-state index is -1.69. The summed E-state index contributed by atoms with van der Waals surface area (Å²) in [6.07, 6.45) is 9.50. The van der Waals surface area contributed by atoms with E-state index < -0.39 is 8.32 Å². The van der Waals surface area contributed by atoms with Gasteiger partial charge in [0.25, 0.3) is 0 Å². The first-order valence-electron chi connectivity index (χ1n) is 9.59. The van der Waals surface area contributed by atoms with E-state index in [4.69, 9.17) is 4.43 Å². The maximum Gasteiger partial charge on any atom is 0.192 e. The van der Waals surface area contributed by atoms with Crippen molar-refractivity contribution in [1.29, 1.82) is 0 Å². The van der Waals surface area contributed by atoms with Crippen molar-refractivity contribution in [2.75, 3.05) is 0 Å². The normalized spacial score (nSPS) is 35.5. The van der Waals surface area contributed by atoms with Gasteiger partial charge in [0.1, 0.15) is 0 Å². The number of rotatable bonds is 4. The first kappa shape index (κ1) is 21.2. The maximum atomic E-state index is 6.94. The smallest absolute Gasteiger partial charge is 0.192 e. The third-order valence-electron chi connectivity index (χ3n) is 7.41. The third-order valence-corrected chi connectivity index (χ3v) is 12.4. The Morgan fingerprint density at radius 2 is 1.83 bits per heavy atom. The molecule has 2 aliphatic carbocycles. The molecule has 0 aliphatic heterocycles. The number of hydrogen-bond donors (Lipinski definition) is 0. The van der Waals surface area contributed by atoms with Gasteiger partial charge in [-0.3, -0.25) is 0 Å². The fourth-order valence-electron chi connectivity index (χ4n) is 5.03. The number of halogens is 2. The Hall–Kier alpha value is 0.877. The lowest BCUT2D eigenvalue weighted by atomic mass is 9.62. The molecule has 1 nitrogen and oxygen atoms in total. The SMILES string of the molecule is C[C@@H](C=C(Br)Br)[C@H]1CC[C@H]2[C@@H](O[Si](C)(C)C(C)(C)C)CCC[C@]12C. The molecule has 2 fully saturated rings. The Morgan fingerprint density at radius 1 is 1.21 bits per heavy atom. The van der Waals surface area contributed by atoms with Crippen molar-refractivity contribution in [2.45, 2.75) is 91.0 Å². The topological polar surface area (TPSA) is 9.23 Å². The molecule has 0 spiro atoms. The fraction of sp³-hybridized carbons (Fsp3) is 0.900. The average molecular weight is 480 g/mol. The van der Waals surface area contributed by atoms with Gasteiger partial charge in [0.2, 0.25) is 0 Å². The lowest BCUT2D eigenvalue weighted by Crippen LogP contribution is -2.50. The zero-order valence-electron chi connectivity index (χ0n) is 16.6. The van der Waals surface area contributed by atoms with E-state index in [9.17, 15) is 0 Å². The molecule has 0 radical (unpaired) electrons. The first-order valence-corrected chi connectivity index (χ1v) is 14.1. The number of fused-ring (bicyclic) bond motifs is 1. The van der Waals surface area contributed by atoms with Crippen molar-refractivity contribution in [1.82, 2.24) is 0 Å². The van der Waals surface area contributed by atoms with E-state index >= 15 is 0 Å². The zero-order chi connectivity index (χ0) is 18.3. The summed E-state index contributed by atoms with van der Waals surface area (Å²) in [5, 5.41) is 0.301. The molecule has 2 saturated carbocycles. The zero-order valence-corrected chi connectivity index (χ0v) is 20.8. The maximum absolute atomic E-state index is 6.94. The Balaban J connectivity index is 2.19. The molecular weight excluding hydrogens is 444 g/mol. The molecule has 0 saturated heterocycles. The Bertz CT molecular complexity index is 479. The monoisotopic (exact) mass is 478 g/mol. The second kappa shape index (κ2) is 7.48. The van der Waals surface area contributed by atoms with Crippen LogP contribution in [0.25, 0.3) is 0 Å². The number of hydrogen-bond acceptors (Lipinski definition) is 1. The van der Waals surface area contributed by atoms with Crippen LogP contribution in [0.1, 0.15) is 66.7 Å². The quantitative estimate of drug-likeness (QED) is 0.372. The van der Waals surface area contributed by atoms with Crippen molar-refractivity contribution in [3.8, 4) is 0 Å². The van der Waals surface area contributed by atoms with E-state index in [1.165, 1.54) is 32.1 Å². The van der Waals surface area contributed by atoms with Crippen molar-refractivity contribution in [3.05, 3.63) is 9.47 Å². The second-order valence-corrected chi connectivity index (χ2v) is 17.4. The van der Waals surface area contributed by atoms with E-state index in [0.29, 0.717) is 22.5 Å². The van der Waals surface area contributed by atoms with Crippen molar-refractivity contribution < 1.29 is 4.43 Å². The predicted octanol–water partition coefficient (Wildman–Crippen LogP) is 7.86. The van der Waals surface area contributed by atoms with Gasteiger partial charge < -0.3 is 4.43 Å². The molecule has 0 heterocycles. The summed E-state index contributed by atoms with van der Waals surface area (Å²) in [4.78, 5) is 0. The molecule has 2 aliphatic rings. The van der Waals surface area contributed by atoms with Crippen LogP contribution in [0.4, 0.5) is 0 Å². The van der Waals surface area contributed by atoms with E-state index in [-0.39, 0.29) is 0 Å². The van der Waals surface area contributed by atoms with Crippen LogP contribution >= 0.6 is 31.9 Å². The molecule has 0 N–H and O–H groups in total. The molecule has 5 atom stereocenters. The van der Waals surface area contributed by atoms with Gasteiger partial charge in [-0.25, -0.2) is 0 Å². The summed E-state index contributed by atoms with van der Waals surface area (Å²) in [7, 11) is -1.69. The van der Waals surface area contributed by atoms with Crippen LogP contribution in [0.5, 0.6) is 0 Å². The van der Waals surface area contributed by atoms with E-state index in [0.717, 1.165) is 15.2 Å². The van der Waals surface area contributed by atoms with Crippen LogP contribution in [0, 0.1) is 23.2 Å². The van der Waals surface area contributed by atoms with Crippen LogP contribution in [0.3, 0.4) is 0 Å². The minimum absolute atomic E-state index is 0.301. The number of allylic oxidation sites excluding steroid dienone is 1. The Morgan fingerprint density at radius 3 is 2.38 bits per heavy atom. The van der Waals surface area contributed by atoms with E-state index in [1.807, 2.05) is 0 Å². The molecule has 0 aromatic heterocycles. The van der Waals surface area contributed by atoms with Crippen molar-refractivity contribution in [3.63, 3.8) is 0 Å². The highest BCUT2D eigenvalue weighted by atomic mass is 79.9. The van der Waals surface area contributed by atoms with Gasteiger partial charge >= 0.3 is 0 Å². The summed E-state index contributed by atoms with van der Waals surface area (Å²) < 4.78 is 8.03. The van der Waals surface area contributed by atoms with E-state index in [2.05, 4.69) is 85.6 Å². The largest absolute Gasteiger partial charge is 0.414 e. The van der Waals surface area contributed by atoms with Gasteiger partial charge in [0.15, 0.2) is 8.32 Å². The highest BCUT2D eigenvalue weighted by molar-refractivity contribution is 9.28. The molecule has 0 unspecified atom stereocenters. The van der Waals surface area contributed by atoms with Crippen molar-refractivity contribution >= 4 is 40.2 Å². The molecule has 0 bridgehead atoms. The van der Waals surface area contributed by atoms with Crippen molar-refractivity contribution in [2.24, 2.45) is 23.2 Å². The molecule has 24 heavy (non-hydrogen) atoms. The van der Waals surface area contributed by atoms with Crippen LogP contribution < -0.4 is 0 Å². The molecule has 0 amide bonds. The van der Waals surface area contributed by atoms with Crippen LogP contribution in [-0.4, -0.2) is 14.4 Å². The molecule has 2 rings (SSSR count). The lowest BCUT2D eigenvalue weighted by Gasteiger charge is -2.49.